The Balaban J connectivity index is 1.42. The molecule has 0 radical (unpaired) electrons. The van der Waals surface area contributed by atoms with Gasteiger partial charge in [-0.2, -0.15) is 4.98 Å². The number of benzene rings is 2. The summed E-state index contributed by atoms with van der Waals surface area (Å²) in [5, 5.41) is 6.21. The Morgan fingerprint density at radius 2 is 1.66 bits per heavy atom. The van der Waals surface area contributed by atoms with Gasteiger partial charge in [0.1, 0.15) is 5.82 Å². The van der Waals surface area contributed by atoms with Gasteiger partial charge in [0.05, 0.1) is 28.8 Å². The normalized spacial score (nSPS) is 13.5. The van der Waals surface area contributed by atoms with Crippen LogP contribution in [0.4, 0.5) is 17.5 Å². The zero-order valence-corrected chi connectivity index (χ0v) is 18.4. The maximum atomic E-state index is 12.6. The molecule has 1 fully saturated rings. The van der Waals surface area contributed by atoms with Gasteiger partial charge in [0.15, 0.2) is 0 Å². The molecule has 164 valence electrons. The van der Waals surface area contributed by atoms with E-state index in [9.17, 15) is 9.59 Å². The SMILES string of the molecule is O=C(Nc1ccnc(Nc2ccc(C(=O)N3CCOCC3)cc2)n1)c1c(Cl)cccc1Cl. The molecule has 2 aromatic carbocycles. The van der Waals surface area contributed by atoms with Gasteiger partial charge in [-0.15, -0.1) is 0 Å². The molecule has 2 heterocycles. The molecule has 8 nitrogen and oxygen atoms in total. The summed E-state index contributed by atoms with van der Waals surface area (Å²) in [6, 6.07) is 13.4. The summed E-state index contributed by atoms with van der Waals surface area (Å²) < 4.78 is 5.28. The first-order chi connectivity index (χ1) is 15.5. The monoisotopic (exact) mass is 471 g/mol. The zero-order chi connectivity index (χ0) is 22.5. The molecule has 4 rings (SSSR count). The number of morpholine rings is 1. The Bertz CT molecular complexity index is 1110. The predicted octanol–water partition coefficient (Wildman–Crippen LogP) is 4.25. The second kappa shape index (κ2) is 9.95. The van der Waals surface area contributed by atoms with Crippen LogP contribution in [-0.2, 0) is 4.74 Å². The quantitative estimate of drug-likeness (QED) is 0.577. The maximum Gasteiger partial charge on any atom is 0.259 e. The minimum Gasteiger partial charge on any atom is -0.378 e. The highest BCUT2D eigenvalue weighted by Gasteiger charge is 2.18. The largest absolute Gasteiger partial charge is 0.378 e. The number of carbonyl (C=O) groups excluding carboxylic acids is 2. The standard InChI is InChI=1S/C22H19Cl2N5O3/c23-16-2-1-3-17(24)19(16)20(30)27-18-8-9-25-22(28-18)26-15-6-4-14(5-7-15)21(31)29-10-12-32-13-11-29/h1-9H,10-13H2,(H2,25,26,27,28,30). The first-order valence-corrected chi connectivity index (χ1v) is 10.6. The first kappa shape index (κ1) is 22.0. The van der Waals surface area contributed by atoms with Crippen molar-refractivity contribution in [3.63, 3.8) is 0 Å². The van der Waals surface area contributed by atoms with Crippen molar-refractivity contribution in [1.29, 1.82) is 0 Å². The molecule has 0 spiro atoms. The molecule has 2 amide bonds. The molecular formula is C22H19Cl2N5O3. The fourth-order valence-electron chi connectivity index (χ4n) is 3.16. The van der Waals surface area contributed by atoms with E-state index in [1.165, 1.54) is 6.20 Å². The number of hydrogen-bond donors (Lipinski definition) is 2. The minimum absolute atomic E-state index is 0.0287. The topological polar surface area (TPSA) is 96.5 Å². The van der Waals surface area contributed by atoms with Crippen molar-refractivity contribution >= 4 is 52.5 Å². The molecule has 32 heavy (non-hydrogen) atoms. The number of halogens is 2. The summed E-state index contributed by atoms with van der Waals surface area (Å²) in [6.07, 6.45) is 1.51. The summed E-state index contributed by atoms with van der Waals surface area (Å²) in [6.45, 7) is 2.28. The van der Waals surface area contributed by atoms with Gasteiger partial charge in [0, 0.05) is 30.5 Å². The molecule has 1 aliphatic heterocycles. The molecule has 3 aromatic rings. The summed E-state index contributed by atoms with van der Waals surface area (Å²) in [5.41, 5.74) is 1.46. The predicted molar refractivity (Wildman–Crippen MR) is 123 cm³/mol. The fourth-order valence-corrected chi connectivity index (χ4v) is 3.73. The number of aromatic nitrogens is 2. The van der Waals surface area contributed by atoms with Crippen molar-refractivity contribution in [3.05, 3.63) is 75.9 Å². The highest BCUT2D eigenvalue weighted by atomic mass is 35.5. The van der Waals surface area contributed by atoms with Crippen LogP contribution in [0.25, 0.3) is 0 Å². The van der Waals surface area contributed by atoms with Crippen molar-refractivity contribution in [2.75, 3.05) is 36.9 Å². The minimum atomic E-state index is -0.476. The Morgan fingerprint density at radius 3 is 2.34 bits per heavy atom. The number of hydrogen-bond acceptors (Lipinski definition) is 6. The molecule has 0 bridgehead atoms. The fraction of sp³-hybridized carbons (Fsp3) is 0.182. The third-order valence-corrected chi connectivity index (χ3v) is 5.40. The van der Waals surface area contributed by atoms with Gasteiger partial charge in [-0.3, -0.25) is 9.59 Å². The first-order valence-electron chi connectivity index (χ1n) is 9.84. The number of carbonyl (C=O) groups is 2. The zero-order valence-electron chi connectivity index (χ0n) is 16.8. The van der Waals surface area contributed by atoms with Gasteiger partial charge >= 0.3 is 0 Å². The number of rotatable bonds is 5. The van der Waals surface area contributed by atoms with E-state index in [-0.39, 0.29) is 33.3 Å². The van der Waals surface area contributed by atoms with Gasteiger partial charge in [-0.1, -0.05) is 29.3 Å². The van der Waals surface area contributed by atoms with Crippen LogP contribution in [0.3, 0.4) is 0 Å². The van der Waals surface area contributed by atoms with Gasteiger partial charge in [0.2, 0.25) is 5.95 Å². The molecule has 1 saturated heterocycles. The van der Waals surface area contributed by atoms with E-state index in [4.69, 9.17) is 27.9 Å². The van der Waals surface area contributed by atoms with E-state index >= 15 is 0 Å². The summed E-state index contributed by atoms with van der Waals surface area (Å²) in [7, 11) is 0. The van der Waals surface area contributed by atoms with Crippen LogP contribution in [0, 0.1) is 0 Å². The third-order valence-electron chi connectivity index (χ3n) is 4.77. The van der Waals surface area contributed by atoms with Crippen LogP contribution in [0.15, 0.2) is 54.7 Å². The lowest BCUT2D eigenvalue weighted by atomic mass is 10.1. The van der Waals surface area contributed by atoms with Crippen molar-refractivity contribution in [3.8, 4) is 0 Å². The lowest BCUT2D eigenvalue weighted by Crippen LogP contribution is -2.40. The van der Waals surface area contributed by atoms with Gasteiger partial charge in [0.25, 0.3) is 11.8 Å². The average molecular weight is 472 g/mol. The molecule has 0 atom stereocenters. The number of anilines is 3. The third kappa shape index (κ3) is 5.16. The van der Waals surface area contributed by atoms with Gasteiger partial charge in [-0.25, -0.2) is 4.98 Å². The number of ether oxygens (including phenoxy) is 1. The summed E-state index contributed by atoms with van der Waals surface area (Å²) in [4.78, 5) is 35.3. The molecular weight excluding hydrogens is 453 g/mol. The lowest BCUT2D eigenvalue weighted by Gasteiger charge is -2.26. The summed E-state index contributed by atoms with van der Waals surface area (Å²) >= 11 is 12.2. The Labute approximate surface area is 194 Å². The van der Waals surface area contributed by atoms with Crippen LogP contribution in [-0.4, -0.2) is 53.0 Å². The number of amides is 2. The van der Waals surface area contributed by atoms with Crippen molar-refractivity contribution in [2.24, 2.45) is 0 Å². The maximum absolute atomic E-state index is 12.6. The van der Waals surface area contributed by atoms with Gasteiger partial charge in [-0.05, 0) is 42.5 Å². The molecule has 2 N–H and O–H groups in total. The number of nitrogens with one attached hydrogen (secondary N) is 2. The van der Waals surface area contributed by atoms with E-state index in [0.29, 0.717) is 37.6 Å². The highest BCUT2D eigenvalue weighted by molar-refractivity contribution is 6.40. The lowest BCUT2D eigenvalue weighted by molar-refractivity contribution is 0.0303. The van der Waals surface area contributed by atoms with E-state index < -0.39 is 5.91 Å². The Kier molecular flexibility index (Phi) is 6.84. The summed E-state index contributed by atoms with van der Waals surface area (Å²) in [5.74, 6) is 0.0539. The average Bonchev–Trinajstić information content (AvgIpc) is 2.80. The Hall–Kier alpha value is -3.20. The second-order valence-corrected chi connectivity index (χ2v) is 7.74. The Morgan fingerprint density at radius 1 is 0.969 bits per heavy atom. The highest BCUT2D eigenvalue weighted by Crippen LogP contribution is 2.25. The molecule has 0 unspecified atom stereocenters. The smallest absolute Gasteiger partial charge is 0.259 e. The molecule has 10 heteroatoms. The number of nitrogens with zero attached hydrogens (tertiary/aromatic N) is 3. The van der Waals surface area contributed by atoms with Gasteiger partial charge < -0.3 is 20.3 Å². The van der Waals surface area contributed by atoms with E-state index in [1.54, 1.807) is 53.4 Å². The van der Waals surface area contributed by atoms with Crippen LogP contribution < -0.4 is 10.6 Å². The molecule has 1 aliphatic rings. The van der Waals surface area contributed by atoms with Crippen LogP contribution in [0.1, 0.15) is 20.7 Å². The van der Waals surface area contributed by atoms with Crippen LogP contribution >= 0.6 is 23.2 Å². The van der Waals surface area contributed by atoms with Crippen LogP contribution in [0.2, 0.25) is 10.0 Å². The van der Waals surface area contributed by atoms with Crippen LogP contribution in [0.5, 0.6) is 0 Å². The molecule has 0 aliphatic carbocycles. The van der Waals surface area contributed by atoms with E-state index in [2.05, 4.69) is 20.6 Å². The van der Waals surface area contributed by atoms with Crippen molar-refractivity contribution in [2.45, 2.75) is 0 Å². The van der Waals surface area contributed by atoms with E-state index in [1.807, 2.05) is 0 Å². The van der Waals surface area contributed by atoms with Crippen molar-refractivity contribution < 1.29 is 14.3 Å². The molecule has 1 aromatic heterocycles. The van der Waals surface area contributed by atoms with Crippen molar-refractivity contribution in [1.82, 2.24) is 14.9 Å². The van der Waals surface area contributed by atoms with E-state index in [0.717, 1.165) is 0 Å². The molecule has 0 saturated carbocycles. The second-order valence-electron chi connectivity index (χ2n) is 6.92.